The molecule has 0 amide bonds. The van der Waals surface area contributed by atoms with Gasteiger partial charge in [-0.05, 0) is 6.07 Å². The van der Waals surface area contributed by atoms with Crippen LogP contribution in [0.15, 0.2) is 29.6 Å². The smallest absolute Gasteiger partial charge is 0.311 e. The summed E-state index contributed by atoms with van der Waals surface area (Å²) in [5.41, 5.74) is -0.182. The second-order valence-corrected chi connectivity index (χ2v) is 4.65. The minimum absolute atomic E-state index is 0.0442. The Morgan fingerprint density at radius 1 is 1.39 bits per heavy atom. The molecule has 0 N–H and O–H groups in total. The lowest BCUT2D eigenvalue weighted by Crippen LogP contribution is -1.92. The van der Waals surface area contributed by atoms with Gasteiger partial charge in [0.2, 0.25) is 5.75 Å². The summed E-state index contributed by atoms with van der Waals surface area (Å²) < 4.78 is 5.36. The molecule has 0 bridgehead atoms. The molecule has 0 saturated heterocycles. The van der Waals surface area contributed by atoms with E-state index in [2.05, 4.69) is 0 Å². The van der Waals surface area contributed by atoms with Gasteiger partial charge >= 0.3 is 5.69 Å². The summed E-state index contributed by atoms with van der Waals surface area (Å²) >= 11 is 6.96. The van der Waals surface area contributed by atoms with Crippen LogP contribution in [0.4, 0.5) is 5.69 Å². The molecule has 0 unspecified atom stereocenters. The molecule has 0 aliphatic rings. The number of carbonyl (C=O) groups excluding carboxylic acids is 1. The number of benzene rings is 1. The molecule has 5 nitrogen and oxygen atoms in total. The maximum absolute atomic E-state index is 10.8. The highest BCUT2D eigenvalue weighted by atomic mass is 35.5. The molecular formula is C11H6ClNO4S. The minimum atomic E-state index is -0.557. The number of halogens is 1. The van der Waals surface area contributed by atoms with Crippen LogP contribution in [0.1, 0.15) is 9.67 Å². The SMILES string of the molecule is O=Cc1cc(Oc2cc(Cl)ccc2[N+](=O)[O-])cs1. The Labute approximate surface area is 111 Å². The van der Waals surface area contributed by atoms with Crippen LogP contribution in [0.5, 0.6) is 11.5 Å². The van der Waals surface area contributed by atoms with Crippen molar-refractivity contribution in [2.75, 3.05) is 0 Å². The minimum Gasteiger partial charge on any atom is -0.449 e. The van der Waals surface area contributed by atoms with Crippen molar-refractivity contribution in [3.8, 4) is 11.5 Å². The molecule has 0 spiro atoms. The molecule has 0 aliphatic heterocycles. The van der Waals surface area contributed by atoms with Crippen LogP contribution >= 0.6 is 22.9 Å². The van der Waals surface area contributed by atoms with E-state index >= 15 is 0 Å². The molecule has 92 valence electrons. The predicted octanol–water partition coefficient (Wildman–Crippen LogP) is 3.91. The molecular weight excluding hydrogens is 278 g/mol. The summed E-state index contributed by atoms with van der Waals surface area (Å²) in [6.45, 7) is 0. The molecule has 1 heterocycles. The monoisotopic (exact) mass is 283 g/mol. The first-order chi connectivity index (χ1) is 8.60. The number of hydrogen-bond acceptors (Lipinski definition) is 5. The van der Waals surface area contributed by atoms with Crippen LogP contribution in [0, 0.1) is 10.1 Å². The molecule has 2 aromatic rings. The van der Waals surface area contributed by atoms with Crippen molar-refractivity contribution in [2.45, 2.75) is 0 Å². The molecule has 0 saturated carbocycles. The van der Waals surface area contributed by atoms with Crippen LogP contribution in [-0.4, -0.2) is 11.2 Å². The number of carbonyl (C=O) groups is 1. The van der Waals surface area contributed by atoms with E-state index in [9.17, 15) is 14.9 Å². The Balaban J connectivity index is 2.35. The first-order valence-corrected chi connectivity index (χ1v) is 6.01. The summed E-state index contributed by atoms with van der Waals surface area (Å²) in [6, 6.07) is 5.54. The Morgan fingerprint density at radius 2 is 2.17 bits per heavy atom. The van der Waals surface area contributed by atoms with Crippen LogP contribution in [0.3, 0.4) is 0 Å². The van der Waals surface area contributed by atoms with Crippen molar-refractivity contribution in [1.29, 1.82) is 0 Å². The summed E-state index contributed by atoms with van der Waals surface area (Å²) in [6.07, 6.45) is 0.684. The Kier molecular flexibility index (Phi) is 3.59. The van der Waals surface area contributed by atoms with Crippen LogP contribution in [0.25, 0.3) is 0 Å². The zero-order chi connectivity index (χ0) is 13.1. The molecule has 0 aliphatic carbocycles. The highest BCUT2D eigenvalue weighted by molar-refractivity contribution is 7.11. The highest BCUT2D eigenvalue weighted by Crippen LogP contribution is 2.35. The summed E-state index contributed by atoms with van der Waals surface area (Å²) in [7, 11) is 0. The van der Waals surface area contributed by atoms with Crippen molar-refractivity contribution in [3.05, 3.63) is 49.7 Å². The molecule has 7 heteroatoms. The van der Waals surface area contributed by atoms with Crippen LogP contribution in [0.2, 0.25) is 5.02 Å². The van der Waals surface area contributed by atoms with Crippen molar-refractivity contribution in [1.82, 2.24) is 0 Å². The van der Waals surface area contributed by atoms with Gasteiger partial charge in [-0.3, -0.25) is 14.9 Å². The first kappa shape index (κ1) is 12.5. The van der Waals surface area contributed by atoms with Gasteiger partial charge in [0, 0.05) is 28.6 Å². The van der Waals surface area contributed by atoms with E-state index in [4.69, 9.17) is 16.3 Å². The van der Waals surface area contributed by atoms with E-state index in [1.807, 2.05) is 0 Å². The standard InChI is InChI=1S/C11H6ClNO4S/c12-7-1-2-10(13(15)16)11(3-7)17-8-4-9(5-14)18-6-8/h1-6H. The maximum Gasteiger partial charge on any atom is 0.311 e. The van der Waals surface area contributed by atoms with Gasteiger partial charge in [0.05, 0.1) is 9.80 Å². The van der Waals surface area contributed by atoms with Gasteiger partial charge in [-0.2, -0.15) is 0 Å². The number of nitro groups is 1. The van der Waals surface area contributed by atoms with Gasteiger partial charge in [-0.1, -0.05) is 11.6 Å². The van der Waals surface area contributed by atoms with E-state index < -0.39 is 4.92 Å². The van der Waals surface area contributed by atoms with E-state index in [0.717, 1.165) is 0 Å². The van der Waals surface area contributed by atoms with Gasteiger partial charge < -0.3 is 4.74 Å². The molecule has 18 heavy (non-hydrogen) atoms. The number of aldehydes is 1. The van der Waals surface area contributed by atoms with Gasteiger partial charge in [0.15, 0.2) is 6.29 Å². The van der Waals surface area contributed by atoms with Gasteiger partial charge in [-0.15, -0.1) is 11.3 Å². The maximum atomic E-state index is 10.8. The number of rotatable bonds is 4. The predicted molar refractivity (Wildman–Crippen MR) is 67.9 cm³/mol. The third-order valence-corrected chi connectivity index (χ3v) is 3.13. The number of thiophene rings is 1. The zero-order valence-corrected chi connectivity index (χ0v) is 10.4. The molecule has 0 atom stereocenters. The molecule has 2 rings (SSSR count). The summed E-state index contributed by atoms with van der Waals surface area (Å²) in [5, 5.41) is 12.7. The molecule has 1 aromatic heterocycles. The van der Waals surface area contributed by atoms with E-state index in [1.54, 1.807) is 5.38 Å². The van der Waals surface area contributed by atoms with Gasteiger partial charge in [0.1, 0.15) is 5.75 Å². The van der Waals surface area contributed by atoms with Crippen molar-refractivity contribution in [3.63, 3.8) is 0 Å². The Bertz CT molecular complexity index is 611. The van der Waals surface area contributed by atoms with Gasteiger partial charge in [-0.25, -0.2) is 0 Å². The Hall–Kier alpha value is -1.92. The third-order valence-electron chi connectivity index (χ3n) is 2.06. The lowest BCUT2D eigenvalue weighted by atomic mass is 10.3. The number of hydrogen-bond donors (Lipinski definition) is 0. The molecule has 0 radical (unpaired) electrons. The van der Waals surface area contributed by atoms with E-state index in [1.165, 1.54) is 35.6 Å². The van der Waals surface area contributed by atoms with Crippen molar-refractivity contribution >= 4 is 34.9 Å². The first-order valence-electron chi connectivity index (χ1n) is 4.75. The number of nitrogens with zero attached hydrogens (tertiary/aromatic N) is 1. The normalized spacial score (nSPS) is 10.1. The second-order valence-electron chi connectivity index (χ2n) is 3.27. The van der Waals surface area contributed by atoms with Crippen molar-refractivity contribution < 1.29 is 14.5 Å². The van der Waals surface area contributed by atoms with E-state index in [-0.39, 0.29) is 11.4 Å². The number of nitro benzene ring substituents is 1. The summed E-state index contributed by atoms with van der Waals surface area (Å²) in [4.78, 5) is 21.3. The fraction of sp³-hybridized carbons (Fsp3) is 0. The fourth-order valence-electron chi connectivity index (χ4n) is 1.30. The molecule has 1 aromatic carbocycles. The van der Waals surface area contributed by atoms with Crippen LogP contribution < -0.4 is 4.74 Å². The highest BCUT2D eigenvalue weighted by Gasteiger charge is 2.16. The average molecular weight is 284 g/mol. The Morgan fingerprint density at radius 3 is 2.78 bits per heavy atom. The lowest BCUT2D eigenvalue weighted by molar-refractivity contribution is -0.385. The van der Waals surface area contributed by atoms with Crippen molar-refractivity contribution in [2.24, 2.45) is 0 Å². The van der Waals surface area contributed by atoms with E-state index in [0.29, 0.717) is 21.9 Å². The quantitative estimate of drug-likeness (QED) is 0.484. The largest absolute Gasteiger partial charge is 0.449 e. The fourth-order valence-corrected chi connectivity index (χ4v) is 2.07. The van der Waals surface area contributed by atoms with Crippen LogP contribution in [-0.2, 0) is 0 Å². The molecule has 0 fully saturated rings. The lowest BCUT2D eigenvalue weighted by Gasteiger charge is -2.04. The number of ether oxygens (including phenoxy) is 1. The summed E-state index contributed by atoms with van der Waals surface area (Å²) in [5.74, 6) is 0.412. The van der Waals surface area contributed by atoms with Gasteiger partial charge in [0.25, 0.3) is 0 Å². The average Bonchev–Trinajstić information content (AvgIpc) is 2.76. The third kappa shape index (κ3) is 2.66. The second kappa shape index (κ2) is 5.16. The zero-order valence-electron chi connectivity index (χ0n) is 8.83. The topological polar surface area (TPSA) is 69.4 Å².